The Morgan fingerprint density at radius 2 is 1.63 bits per heavy atom. The molecule has 27 heavy (non-hydrogen) atoms. The molecule has 2 saturated heterocycles. The van der Waals surface area contributed by atoms with Gasteiger partial charge in [-0.3, -0.25) is 0 Å². The van der Waals surface area contributed by atoms with Gasteiger partial charge in [0, 0.05) is 63.4 Å². The number of anilines is 3. The number of morpholine rings is 1. The zero-order valence-corrected chi connectivity index (χ0v) is 15.4. The van der Waals surface area contributed by atoms with Gasteiger partial charge < -0.3 is 19.4 Å². The van der Waals surface area contributed by atoms with Crippen molar-refractivity contribution in [2.75, 3.05) is 67.2 Å². The summed E-state index contributed by atoms with van der Waals surface area (Å²) in [7, 11) is 0. The highest BCUT2D eigenvalue weighted by atomic mass is 16.5. The molecule has 4 rings (SSSR count). The van der Waals surface area contributed by atoms with Crippen LogP contribution in [0.4, 0.5) is 17.6 Å². The molecule has 0 bridgehead atoms. The van der Waals surface area contributed by atoms with Crippen molar-refractivity contribution in [3.8, 4) is 6.07 Å². The number of aromatic nitrogens is 4. The lowest BCUT2D eigenvalue weighted by molar-refractivity contribution is 0.122. The van der Waals surface area contributed by atoms with E-state index in [-0.39, 0.29) is 0 Å². The average molecular weight is 366 g/mol. The second kappa shape index (κ2) is 7.72. The first-order chi connectivity index (χ1) is 13.2. The average Bonchev–Trinajstić information content (AvgIpc) is 2.74. The molecule has 0 aromatic carbocycles. The van der Waals surface area contributed by atoms with E-state index in [1.54, 1.807) is 12.4 Å². The summed E-state index contributed by atoms with van der Waals surface area (Å²) < 4.78 is 5.42. The fourth-order valence-corrected chi connectivity index (χ4v) is 3.39. The predicted molar refractivity (Wildman–Crippen MR) is 101 cm³/mol. The Balaban J connectivity index is 1.48. The summed E-state index contributed by atoms with van der Waals surface area (Å²) in [5.41, 5.74) is 1.34. The van der Waals surface area contributed by atoms with Crippen LogP contribution in [0.2, 0.25) is 0 Å². The molecule has 0 aliphatic carbocycles. The number of rotatable bonds is 3. The van der Waals surface area contributed by atoms with E-state index in [9.17, 15) is 5.26 Å². The maximum Gasteiger partial charge on any atom is 0.227 e. The zero-order valence-electron chi connectivity index (χ0n) is 15.4. The van der Waals surface area contributed by atoms with Crippen molar-refractivity contribution in [2.45, 2.75) is 6.92 Å². The third-order valence-electron chi connectivity index (χ3n) is 4.81. The quantitative estimate of drug-likeness (QED) is 0.774. The molecule has 0 N–H and O–H groups in total. The summed E-state index contributed by atoms with van der Waals surface area (Å²) >= 11 is 0. The highest BCUT2D eigenvalue weighted by Gasteiger charge is 2.23. The Morgan fingerprint density at radius 3 is 2.37 bits per heavy atom. The highest BCUT2D eigenvalue weighted by Crippen LogP contribution is 2.22. The van der Waals surface area contributed by atoms with Crippen molar-refractivity contribution in [3.63, 3.8) is 0 Å². The molecule has 0 amide bonds. The monoisotopic (exact) mass is 366 g/mol. The molecule has 4 heterocycles. The van der Waals surface area contributed by atoms with Gasteiger partial charge in [-0.1, -0.05) is 0 Å². The SMILES string of the molecule is Cc1cc(N2CCN(c3nccnc3C#N)CC2)nc(N2CCOCC2)n1. The molecule has 2 aliphatic heterocycles. The van der Waals surface area contributed by atoms with Crippen LogP contribution in [0.15, 0.2) is 18.5 Å². The van der Waals surface area contributed by atoms with Gasteiger partial charge in [0.05, 0.1) is 13.2 Å². The Kier molecular flexibility index (Phi) is 4.98. The molecular formula is C18H22N8O. The third-order valence-corrected chi connectivity index (χ3v) is 4.81. The van der Waals surface area contributed by atoms with Crippen LogP contribution >= 0.6 is 0 Å². The lowest BCUT2D eigenvalue weighted by Gasteiger charge is -2.36. The number of nitriles is 1. The third kappa shape index (κ3) is 3.75. The van der Waals surface area contributed by atoms with Gasteiger partial charge in [-0.15, -0.1) is 0 Å². The van der Waals surface area contributed by atoms with Gasteiger partial charge >= 0.3 is 0 Å². The van der Waals surface area contributed by atoms with Crippen molar-refractivity contribution in [2.24, 2.45) is 0 Å². The van der Waals surface area contributed by atoms with Crippen LogP contribution in [0, 0.1) is 18.3 Å². The van der Waals surface area contributed by atoms with E-state index in [4.69, 9.17) is 9.72 Å². The van der Waals surface area contributed by atoms with Gasteiger partial charge in [-0.05, 0) is 6.92 Å². The molecule has 2 aromatic rings. The van der Waals surface area contributed by atoms with Gasteiger partial charge in [0.25, 0.3) is 0 Å². The van der Waals surface area contributed by atoms with Crippen molar-refractivity contribution in [1.29, 1.82) is 5.26 Å². The van der Waals surface area contributed by atoms with Crippen molar-refractivity contribution in [1.82, 2.24) is 19.9 Å². The zero-order chi connectivity index (χ0) is 18.6. The van der Waals surface area contributed by atoms with Gasteiger partial charge in [0.15, 0.2) is 11.5 Å². The Hall–Kier alpha value is -2.99. The standard InChI is InChI=1S/C18H22N8O/c1-14-12-16(23-18(22-14)26-8-10-27-11-9-26)24-4-6-25(7-5-24)17-15(13-19)20-2-3-21-17/h2-3,12H,4-11H2,1H3. The van der Waals surface area contributed by atoms with Crippen molar-refractivity contribution in [3.05, 3.63) is 29.8 Å². The van der Waals surface area contributed by atoms with Crippen molar-refractivity contribution < 1.29 is 4.74 Å². The molecule has 9 nitrogen and oxygen atoms in total. The fraction of sp³-hybridized carbons (Fsp3) is 0.500. The number of hydrogen-bond acceptors (Lipinski definition) is 9. The minimum absolute atomic E-state index is 0.374. The van der Waals surface area contributed by atoms with E-state index in [0.717, 1.165) is 56.7 Å². The number of ether oxygens (including phenoxy) is 1. The Bertz CT molecular complexity index is 837. The van der Waals surface area contributed by atoms with Crippen LogP contribution in [-0.4, -0.2) is 72.4 Å². The van der Waals surface area contributed by atoms with E-state index < -0.39 is 0 Å². The topological polar surface area (TPSA) is 94.3 Å². The molecule has 0 unspecified atom stereocenters. The van der Waals surface area contributed by atoms with Crippen LogP contribution in [0.5, 0.6) is 0 Å². The first-order valence-electron chi connectivity index (χ1n) is 9.14. The van der Waals surface area contributed by atoms with Crippen LogP contribution in [0.25, 0.3) is 0 Å². The smallest absolute Gasteiger partial charge is 0.227 e. The van der Waals surface area contributed by atoms with Crippen LogP contribution in [-0.2, 0) is 4.74 Å². The van der Waals surface area contributed by atoms with Gasteiger partial charge in [-0.25, -0.2) is 15.0 Å². The number of piperazine rings is 1. The molecule has 2 fully saturated rings. The maximum atomic E-state index is 9.24. The molecule has 2 aromatic heterocycles. The summed E-state index contributed by atoms with van der Waals surface area (Å²) in [6.45, 7) is 8.22. The van der Waals surface area contributed by atoms with E-state index in [1.165, 1.54) is 0 Å². The predicted octanol–water partition coefficient (Wildman–Crippen LogP) is 0.610. The maximum absolute atomic E-state index is 9.24. The summed E-state index contributed by atoms with van der Waals surface area (Å²) in [6.07, 6.45) is 3.18. The van der Waals surface area contributed by atoms with Crippen LogP contribution in [0.1, 0.15) is 11.4 Å². The molecule has 140 valence electrons. The molecule has 0 radical (unpaired) electrons. The second-order valence-corrected chi connectivity index (χ2v) is 6.58. The van der Waals surface area contributed by atoms with Crippen molar-refractivity contribution >= 4 is 17.6 Å². The van der Waals surface area contributed by atoms with Gasteiger partial charge in [0.2, 0.25) is 5.95 Å². The summed E-state index contributed by atoms with van der Waals surface area (Å²) in [4.78, 5) is 24.4. The largest absolute Gasteiger partial charge is 0.378 e. The minimum atomic E-state index is 0.374. The number of nitrogens with zero attached hydrogens (tertiary/aromatic N) is 8. The molecule has 2 aliphatic rings. The first-order valence-corrected chi connectivity index (χ1v) is 9.14. The van der Waals surface area contributed by atoms with E-state index in [1.807, 2.05) is 13.0 Å². The normalized spacial score (nSPS) is 17.7. The summed E-state index contributed by atoms with van der Waals surface area (Å²) in [5, 5.41) is 9.24. The van der Waals surface area contributed by atoms with E-state index in [2.05, 4.69) is 35.7 Å². The molecule has 0 spiro atoms. The summed E-state index contributed by atoms with van der Waals surface area (Å²) in [6, 6.07) is 4.15. The first kappa shape index (κ1) is 17.4. The Morgan fingerprint density at radius 1 is 0.926 bits per heavy atom. The van der Waals surface area contributed by atoms with Crippen LogP contribution < -0.4 is 14.7 Å². The summed E-state index contributed by atoms with van der Waals surface area (Å²) in [5.74, 6) is 2.38. The lowest BCUT2D eigenvalue weighted by Crippen LogP contribution is -2.47. The molecule has 9 heteroatoms. The fourth-order valence-electron chi connectivity index (χ4n) is 3.39. The van der Waals surface area contributed by atoms with E-state index >= 15 is 0 Å². The highest BCUT2D eigenvalue weighted by molar-refractivity contribution is 5.52. The second-order valence-electron chi connectivity index (χ2n) is 6.58. The van der Waals surface area contributed by atoms with Gasteiger partial charge in [-0.2, -0.15) is 10.2 Å². The molecule has 0 atom stereocenters. The molecule has 0 saturated carbocycles. The van der Waals surface area contributed by atoms with Gasteiger partial charge in [0.1, 0.15) is 11.9 Å². The number of hydrogen-bond donors (Lipinski definition) is 0. The van der Waals surface area contributed by atoms with E-state index in [0.29, 0.717) is 24.7 Å². The molecular weight excluding hydrogens is 344 g/mol. The van der Waals surface area contributed by atoms with Crippen LogP contribution in [0.3, 0.4) is 0 Å². The lowest BCUT2D eigenvalue weighted by atomic mass is 10.2. The minimum Gasteiger partial charge on any atom is -0.378 e. The number of aryl methyl sites for hydroxylation is 1. The Labute approximate surface area is 158 Å².